The van der Waals surface area contributed by atoms with Crippen molar-refractivity contribution in [1.29, 1.82) is 0 Å². The zero-order chi connectivity index (χ0) is 0. The van der Waals surface area contributed by atoms with Crippen LogP contribution in [0.2, 0.25) is 0 Å². The fraction of sp³-hybridized carbons (Fsp3) is 0. The molecule has 0 saturated carbocycles. The Morgan fingerprint density at radius 2 is 0.429 bits per heavy atom. The normalized spacial score (nSPS) is 0. The van der Waals surface area contributed by atoms with Gasteiger partial charge in [-0.2, -0.15) is 0 Å². The van der Waals surface area contributed by atoms with Crippen molar-refractivity contribution in [2.45, 2.75) is 0 Å². The molecule has 0 heterocycles. The first kappa shape index (κ1) is 86.2. The Labute approximate surface area is 107 Å². The van der Waals surface area contributed by atoms with Gasteiger partial charge in [0.2, 0.25) is 0 Å². The molecule has 0 fully saturated rings. The van der Waals surface area contributed by atoms with Gasteiger partial charge in [0.05, 0.1) is 0 Å². The zero-order valence-electron chi connectivity index (χ0n) is 2.76. The van der Waals surface area contributed by atoms with E-state index in [0.29, 0.717) is 0 Å². The second-order valence-electron chi connectivity index (χ2n) is 0. The molecule has 0 aromatic rings. The molecule has 0 bridgehead atoms. The topological polar surface area (TPSA) is 0 Å². The van der Waals surface area contributed by atoms with Gasteiger partial charge in [-0.25, -0.2) is 0 Å². The van der Waals surface area contributed by atoms with Crippen LogP contribution in [0, 0.1) is 0 Å². The van der Waals surface area contributed by atoms with E-state index >= 15 is 0 Å². The number of hydrogen-bond donors (Lipinski definition) is 0. The van der Waals surface area contributed by atoms with Crippen LogP contribution >= 0.6 is 0 Å². The maximum atomic E-state index is 0. The van der Waals surface area contributed by atoms with Crippen molar-refractivity contribution < 1.29 is 68.3 Å². The summed E-state index contributed by atoms with van der Waals surface area (Å²) >= 11 is 0. The third-order valence-electron chi connectivity index (χ3n) is 0. The Hall–Kier alpha value is 3.13. The summed E-state index contributed by atoms with van der Waals surface area (Å²) in [5, 5.41) is 0. The molecule has 0 unspecified atom stereocenters. The summed E-state index contributed by atoms with van der Waals surface area (Å²) < 4.78 is 0. The average molecular weight is 323 g/mol. The molecule has 7 heavy (non-hydrogen) atoms. The molecule has 0 atom stereocenters. The van der Waals surface area contributed by atoms with Gasteiger partial charge in [0, 0.05) is 51.2 Å². The molecular weight excluding hydrogens is 320 g/mol. The molecule has 54 valence electrons. The molecule has 0 saturated heterocycles. The van der Waals surface area contributed by atoms with Crippen LogP contribution in [0.4, 0.5) is 0 Å². The number of rotatable bonds is 0. The minimum atomic E-state index is 0. The monoisotopic (exact) mass is 323 g/mol. The average Bonchev–Trinajstić information content (AvgIpc) is 0. The molecular formula is H3Fe4S3-. The molecule has 0 amide bonds. The van der Waals surface area contributed by atoms with Crippen LogP contribution in [0.5, 0.6) is 0 Å². The molecule has 0 nitrogen and oxygen atoms in total. The van der Waals surface area contributed by atoms with Gasteiger partial charge in [-0.15, -0.1) is 0 Å². The summed E-state index contributed by atoms with van der Waals surface area (Å²) in [7, 11) is 0. The van der Waals surface area contributed by atoms with Gasteiger partial charge in [-0.3, -0.25) is 0 Å². The number of thiol groups is 3. The largest absolute Gasteiger partial charge is 2.00 e. The smallest absolute Gasteiger partial charge is 0.813 e. The summed E-state index contributed by atoms with van der Waals surface area (Å²) in [5.41, 5.74) is 0. The van der Waals surface area contributed by atoms with Crippen molar-refractivity contribution in [3.63, 3.8) is 0 Å². The van der Waals surface area contributed by atoms with Crippen LogP contribution in [0.1, 0.15) is 0 Å². The van der Waals surface area contributed by atoms with Crippen LogP contribution < -0.4 is 0 Å². The Kier molecular flexibility index (Phi) is 759. The predicted molar refractivity (Wildman–Crippen MR) is 26.3 cm³/mol. The van der Waals surface area contributed by atoms with E-state index in [1.165, 1.54) is 0 Å². The number of hydrogen-bond acceptors (Lipinski definition) is 3. The van der Waals surface area contributed by atoms with Crippen molar-refractivity contribution in [3.05, 3.63) is 0 Å². The maximum Gasteiger partial charge on any atom is 2.00 e. The fourth-order valence-corrected chi connectivity index (χ4v) is 0. The summed E-state index contributed by atoms with van der Waals surface area (Å²) in [6, 6.07) is 0. The third kappa shape index (κ3) is 47.4. The van der Waals surface area contributed by atoms with Crippen LogP contribution in [0.15, 0.2) is 0 Å². The van der Waals surface area contributed by atoms with E-state index < -0.39 is 0 Å². The van der Waals surface area contributed by atoms with Crippen molar-refractivity contribution >= 4 is 40.5 Å². The van der Waals surface area contributed by atoms with E-state index in [1.807, 2.05) is 0 Å². The first-order chi connectivity index (χ1) is 0. The molecule has 0 aliphatic carbocycles. The Bertz CT molecular complexity index is 6.90. The first-order valence-corrected chi connectivity index (χ1v) is 0. The fourth-order valence-electron chi connectivity index (χ4n) is 0. The third-order valence-corrected chi connectivity index (χ3v) is 0. The molecule has 0 aliphatic heterocycles. The van der Waals surface area contributed by atoms with E-state index in [-0.39, 0.29) is 109 Å². The quantitative estimate of drug-likeness (QED) is 0.325. The van der Waals surface area contributed by atoms with Gasteiger partial charge in [0.15, 0.2) is 0 Å². The molecule has 0 radical (unpaired) electrons. The van der Waals surface area contributed by atoms with Crippen LogP contribution in [0.25, 0.3) is 0 Å². The maximum absolute atomic E-state index is 0. The molecule has 0 aromatic heterocycles. The summed E-state index contributed by atoms with van der Waals surface area (Å²) in [4.78, 5) is 0. The Morgan fingerprint density at radius 3 is 0.429 bits per heavy atom. The van der Waals surface area contributed by atoms with Gasteiger partial charge in [-0.05, 0) is 0 Å². The van der Waals surface area contributed by atoms with Gasteiger partial charge in [-0.1, -0.05) is 0 Å². The molecule has 0 aromatic carbocycles. The summed E-state index contributed by atoms with van der Waals surface area (Å²) in [6.45, 7) is 0. The minimum absolute atomic E-state index is 0. The summed E-state index contributed by atoms with van der Waals surface area (Å²) in [5.74, 6) is 0. The Balaban J connectivity index is 0. The van der Waals surface area contributed by atoms with Crippen molar-refractivity contribution in [2.24, 2.45) is 0 Å². The predicted octanol–water partition coefficient (Wildman–Crippen LogP) is -0.820. The van der Waals surface area contributed by atoms with Crippen molar-refractivity contribution in [2.75, 3.05) is 0 Å². The van der Waals surface area contributed by atoms with Gasteiger partial charge < -0.3 is 40.5 Å². The molecule has 0 rings (SSSR count). The second-order valence-corrected chi connectivity index (χ2v) is 0. The van der Waals surface area contributed by atoms with Crippen LogP contribution in [-0.2, 0) is 109 Å². The van der Waals surface area contributed by atoms with Crippen molar-refractivity contribution in [1.82, 2.24) is 0 Å². The minimum Gasteiger partial charge on any atom is -0.813 e. The van der Waals surface area contributed by atoms with Gasteiger partial charge in [0.1, 0.15) is 0 Å². The van der Waals surface area contributed by atoms with Gasteiger partial charge >= 0.3 is 17.1 Å². The van der Waals surface area contributed by atoms with Crippen LogP contribution in [-0.4, -0.2) is 0 Å². The first-order valence-electron chi connectivity index (χ1n) is 0. The molecule has 0 spiro atoms. The SMILES string of the molecule is [Fe+2].[Fe].[Fe].[Fe].[SH-].[SH-].[SH-]. The Morgan fingerprint density at radius 1 is 0.429 bits per heavy atom. The molecule has 0 aliphatic rings. The molecule has 7 heteroatoms. The van der Waals surface area contributed by atoms with Gasteiger partial charge in [0.25, 0.3) is 0 Å². The van der Waals surface area contributed by atoms with E-state index in [0.717, 1.165) is 0 Å². The summed E-state index contributed by atoms with van der Waals surface area (Å²) in [6.07, 6.45) is 0. The standard InChI is InChI=1S/4Fe.3H2S/h;;;;3*1H2/q;;;+2;;;/p-3. The van der Waals surface area contributed by atoms with E-state index in [4.69, 9.17) is 0 Å². The van der Waals surface area contributed by atoms with E-state index in [2.05, 4.69) is 0 Å². The molecule has 0 N–H and O–H groups in total. The zero-order valence-corrected chi connectivity index (χ0v) is 9.86. The second kappa shape index (κ2) is 61.6. The van der Waals surface area contributed by atoms with Crippen LogP contribution in [0.3, 0.4) is 0 Å². The van der Waals surface area contributed by atoms with Crippen molar-refractivity contribution in [3.8, 4) is 0 Å². The van der Waals surface area contributed by atoms with E-state index in [1.54, 1.807) is 0 Å². The van der Waals surface area contributed by atoms with E-state index in [9.17, 15) is 0 Å².